The molecular formula is C22H26N4O3S. The highest BCUT2D eigenvalue weighted by molar-refractivity contribution is 7.89. The molecule has 8 heteroatoms. The fourth-order valence-corrected chi connectivity index (χ4v) is 5.23. The molecule has 3 rings (SSSR count). The number of carbonyl (C=O) groups excluding carboxylic acids is 1. The summed E-state index contributed by atoms with van der Waals surface area (Å²) >= 11 is 0. The summed E-state index contributed by atoms with van der Waals surface area (Å²) in [5, 5.41) is 14.7. The average Bonchev–Trinajstić information content (AvgIpc) is 3.04. The Morgan fingerprint density at radius 1 is 1.07 bits per heavy atom. The van der Waals surface area contributed by atoms with Crippen molar-refractivity contribution in [2.24, 2.45) is 0 Å². The largest absolute Gasteiger partial charge is 0.376 e. The minimum Gasteiger partial charge on any atom is -0.376 e. The number of hydrogen-bond acceptors (Lipinski definition) is 5. The fraction of sp³-hybridized carbons (Fsp3) is 0.364. The van der Waals surface area contributed by atoms with Crippen molar-refractivity contribution in [1.82, 2.24) is 4.31 Å². The molecular weight excluding hydrogens is 400 g/mol. The first-order valence-corrected chi connectivity index (χ1v) is 11.5. The molecule has 30 heavy (non-hydrogen) atoms. The maximum Gasteiger partial charge on any atom is 0.243 e. The van der Waals surface area contributed by atoms with E-state index in [9.17, 15) is 13.2 Å². The third-order valence-electron chi connectivity index (χ3n) is 5.10. The van der Waals surface area contributed by atoms with Crippen LogP contribution in [0.1, 0.15) is 36.8 Å². The van der Waals surface area contributed by atoms with Gasteiger partial charge in [0.25, 0.3) is 0 Å². The average molecular weight is 427 g/mol. The number of hydrogen-bond donors (Lipinski definition) is 2. The molecule has 2 N–H and O–H groups in total. The summed E-state index contributed by atoms with van der Waals surface area (Å²) in [6.07, 6.45) is 3.83. The quantitative estimate of drug-likeness (QED) is 0.736. The lowest BCUT2D eigenvalue weighted by atomic mass is 10.2. The van der Waals surface area contributed by atoms with Crippen molar-refractivity contribution >= 4 is 27.3 Å². The van der Waals surface area contributed by atoms with Gasteiger partial charge in [-0.15, -0.1) is 0 Å². The van der Waals surface area contributed by atoms with Crippen molar-refractivity contribution in [3.05, 3.63) is 53.6 Å². The Morgan fingerprint density at radius 2 is 1.80 bits per heavy atom. The van der Waals surface area contributed by atoms with Gasteiger partial charge in [0.1, 0.15) is 0 Å². The zero-order valence-corrected chi connectivity index (χ0v) is 17.8. The summed E-state index contributed by atoms with van der Waals surface area (Å²) in [5.41, 5.74) is 2.26. The van der Waals surface area contributed by atoms with Crippen LogP contribution in [-0.4, -0.2) is 38.3 Å². The normalized spacial score (nSPS) is 15.1. The third-order valence-corrected chi connectivity index (χ3v) is 7.14. The minimum absolute atomic E-state index is 0.00301. The monoisotopic (exact) mass is 426 g/mol. The Balaban J connectivity index is 1.69. The smallest absolute Gasteiger partial charge is 0.243 e. The highest BCUT2D eigenvalue weighted by Gasteiger charge is 2.27. The fourth-order valence-electron chi connectivity index (χ4n) is 3.46. The number of carbonyl (C=O) groups is 1. The van der Waals surface area contributed by atoms with Gasteiger partial charge in [-0.25, -0.2) is 8.42 Å². The number of anilines is 2. The van der Waals surface area contributed by atoms with Crippen LogP contribution in [0.5, 0.6) is 0 Å². The summed E-state index contributed by atoms with van der Waals surface area (Å²) in [6, 6.07) is 13.8. The minimum atomic E-state index is -3.60. The van der Waals surface area contributed by atoms with Gasteiger partial charge in [-0.1, -0.05) is 25.0 Å². The molecule has 0 atom stereocenters. The summed E-state index contributed by atoms with van der Waals surface area (Å²) < 4.78 is 27.8. The Kier molecular flexibility index (Phi) is 7.08. The lowest BCUT2D eigenvalue weighted by molar-refractivity contribution is -0.114. The number of rotatable bonds is 6. The van der Waals surface area contributed by atoms with E-state index in [0.29, 0.717) is 35.6 Å². The summed E-state index contributed by atoms with van der Waals surface area (Å²) in [5.74, 6) is -0.306. The molecule has 1 heterocycles. The van der Waals surface area contributed by atoms with Gasteiger partial charge in [-0.05, 0) is 55.7 Å². The molecule has 1 amide bonds. The SMILES string of the molecule is Cc1ccc(NC(=O)CNc2cccc(C#N)c2)cc1S(=O)(=O)N1CCCCCC1. The maximum atomic E-state index is 13.1. The van der Waals surface area contributed by atoms with Crippen LogP contribution >= 0.6 is 0 Å². The number of nitrogens with one attached hydrogen (secondary N) is 2. The Labute approximate surface area is 177 Å². The summed E-state index contributed by atoms with van der Waals surface area (Å²) in [4.78, 5) is 12.6. The van der Waals surface area contributed by atoms with Crippen molar-refractivity contribution in [2.45, 2.75) is 37.5 Å². The molecule has 0 radical (unpaired) electrons. The van der Waals surface area contributed by atoms with Crippen LogP contribution < -0.4 is 10.6 Å². The van der Waals surface area contributed by atoms with Gasteiger partial charge in [0.05, 0.1) is 23.1 Å². The van der Waals surface area contributed by atoms with Crippen molar-refractivity contribution in [3.63, 3.8) is 0 Å². The van der Waals surface area contributed by atoms with Gasteiger partial charge in [-0.3, -0.25) is 4.79 Å². The molecule has 158 valence electrons. The number of amides is 1. The predicted molar refractivity (Wildman–Crippen MR) is 117 cm³/mol. The van der Waals surface area contributed by atoms with Crippen LogP contribution in [0.25, 0.3) is 0 Å². The van der Waals surface area contributed by atoms with E-state index in [2.05, 4.69) is 10.6 Å². The standard InChI is InChI=1S/C22H26N4O3S/c1-17-9-10-20(14-21(17)30(28,29)26-11-4-2-3-5-12-26)25-22(27)16-24-19-8-6-7-18(13-19)15-23/h6-10,13-14,24H,2-5,11-12,16H2,1H3,(H,25,27). The molecule has 0 bridgehead atoms. The van der Waals surface area contributed by atoms with E-state index in [4.69, 9.17) is 5.26 Å². The van der Waals surface area contributed by atoms with Crippen LogP contribution in [0, 0.1) is 18.3 Å². The molecule has 0 saturated carbocycles. The van der Waals surface area contributed by atoms with Crippen LogP contribution in [0.15, 0.2) is 47.4 Å². The number of aryl methyl sites for hydroxylation is 1. The van der Waals surface area contributed by atoms with E-state index in [0.717, 1.165) is 25.7 Å². The number of benzene rings is 2. The predicted octanol–water partition coefficient (Wildman–Crippen LogP) is 3.48. The Bertz CT molecular complexity index is 1050. The Hall–Kier alpha value is -2.89. The van der Waals surface area contributed by atoms with Crippen molar-refractivity contribution in [2.75, 3.05) is 30.3 Å². The second-order valence-corrected chi connectivity index (χ2v) is 9.30. The van der Waals surface area contributed by atoms with Gasteiger partial charge in [0.2, 0.25) is 15.9 Å². The summed E-state index contributed by atoms with van der Waals surface area (Å²) in [7, 11) is -3.60. The van der Waals surface area contributed by atoms with E-state index in [1.54, 1.807) is 47.6 Å². The van der Waals surface area contributed by atoms with Crippen molar-refractivity contribution < 1.29 is 13.2 Å². The van der Waals surface area contributed by atoms with E-state index in [-0.39, 0.29) is 17.3 Å². The molecule has 0 aromatic heterocycles. The van der Waals surface area contributed by atoms with Gasteiger partial charge in [0, 0.05) is 24.5 Å². The molecule has 1 aliphatic rings. The number of nitrogens with zero attached hydrogens (tertiary/aromatic N) is 2. The summed E-state index contributed by atoms with van der Waals surface area (Å²) in [6.45, 7) is 2.82. The third kappa shape index (κ3) is 5.38. The Morgan fingerprint density at radius 3 is 2.50 bits per heavy atom. The van der Waals surface area contributed by atoms with E-state index in [1.165, 1.54) is 6.07 Å². The van der Waals surface area contributed by atoms with Crippen LogP contribution in [0.2, 0.25) is 0 Å². The van der Waals surface area contributed by atoms with E-state index in [1.807, 2.05) is 6.07 Å². The number of nitriles is 1. The molecule has 0 unspecified atom stereocenters. The van der Waals surface area contributed by atoms with Crippen LogP contribution in [-0.2, 0) is 14.8 Å². The van der Waals surface area contributed by atoms with E-state index < -0.39 is 10.0 Å². The molecule has 2 aromatic rings. The van der Waals surface area contributed by atoms with Gasteiger partial charge in [-0.2, -0.15) is 9.57 Å². The molecule has 1 aliphatic heterocycles. The molecule has 1 fully saturated rings. The molecule has 0 spiro atoms. The van der Waals surface area contributed by atoms with Crippen LogP contribution in [0.4, 0.5) is 11.4 Å². The highest BCUT2D eigenvalue weighted by atomic mass is 32.2. The van der Waals surface area contributed by atoms with E-state index >= 15 is 0 Å². The topological polar surface area (TPSA) is 102 Å². The second kappa shape index (κ2) is 9.74. The van der Waals surface area contributed by atoms with Crippen molar-refractivity contribution in [3.8, 4) is 6.07 Å². The lowest BCUT2D eigenvalue weighted by Gasteiger charge is -2.21. The highest BCUT2D eigenvalue weighted by Crippen LogP contribution is 2.25. The van der Waals surface area contributed by atoms with Crippen LogP contribution in [0.3, 0.4) is 0 Å². The first-order chi connectivity index (χ1) is 14.4. The van der Waals surface area contributed by atoms with Gasteiger partial charge >= 0.3 is 0 Å². The molecule has 0 aliphatic carbocycles. The van der Waals surface area contributed by atoms with Crippen molar-refractivity contribution in [1.29, 1.82) is 5.26 Å². The second-order valence-electron chi connectivity index (χ2n) is 7.39. The lowest BCUT2D eigenvalue weighted by Crippen LogP contribution is -2.32. The first-order valence-electron chi connectivity index (χ1n) is 10.0. The molecule has 1 saturated heterocycles. The van der Waals surface area contributed by atoms with Gasteiger partial charge < -0.3 is 10.6 Å². The van der Waals surface area contributed by atoms with Gasteiger partial charge in [0.15, 0.2) is 0 Å². The first kappa shape index (κ1) is 21.8. The molecule has 2 aromatic carbocycles. The maximum absolute atomic E-state index is 13.1. The zero-order chi connectivity index (χ0) is 21.6. The molecule has 7 nitrogen and oxygen atoms in total. The number of sulfonamides is 1. The zero-order valence-electron chi connectivity index (χ0n) is 17.0.